The zero-order valence-corrected chi connectivity index (χ0v) is 5.17. The maximum atomic E-state index is 5.11. The zero-order chi connectivity index (χ0) is 6.41. The van der Waals surface area contributed by atoms with Crippen LogP contribution in [0.15, 0.2) is 25.2 Å². The normalized spacial score (nSPS) is 9.62. The van der Waals surface area contributed by atoms with E-state index in [-0.39, 0.29) is 0 Å². The Morgan fingerprint density at radius 3 is 2.50 bits per heavy atom. The van der Waals surface area contributed by atoms with Gasteiger partial charge in [0.25, 0.3) is 0 Å². The van der Waals surface area contributed by atoms with Gasteiger partial charge in [0, 0.05) is 18.9 Å². The van der Waals surface area contributed by atoms with Gasteiger partial charge in [-0.2, -0.15) is 0 Å². The molecule has 0 atom stereocenters. The van der Waals surface area contributed by atoms with Crippen molar-refractivity contribution in [1.82, 2.24) is 4.90 Å². The highest BCUT2D eigenvalue weighted by Crippen LogP contribution is 1.85. The van der Waals surface area contributed by atoms with Crippen molar-refractivity contribution >= 4 is 0 Å². The standard InChI is InChI=1S/C6H12N2/c1-3-8(4-2)6-5-7/h3,5-6H,1,4,7H2,2H3/b6-5-. The number of nitrogens with two attached hydrogens (primary N) is 1. The summed E-state index contributed by atoms with van der Waals surface area (Å²) in [7, 11) is 0. The third-order valence-electron chi connectivity index (χ3n) is 0.877. The molecule has 0 aliphatic heterocycles. The first-order chi connectivity index (χ1) is 3.85. The van der Waals surface area contributed by atoms with E-state index in [0.717, 1.165) is 6.54 Å². The number of nitrogens with zero attached hydrogens (tertiary/aromatic N) is 1. The lowest BCUT2D eigenvalue weighted by Crippen LogP contribution is -2.07. The van der Waals surface area contributed by atoms with Gasteiger partial charge in [-0.25, -0.2) is 0 Å². The Bertz CT molecular complexity index is 86.5. The van der Waals surface area contributed by atoms with Crippen LogP contribution in [-0.4, -0.2) is 11.4 Å². The monoisotopic (exact) mass is 112 g/mol. The summed E-state index contributed by atoms with van der Waals surface area (Å²) in [6, 6.07) is 0. The van der Waals surface area contributed by atoms with Gasteiger partial charge in [0.05, 0.1) is 0 Å². The molecule has 2 nitrogen and oxygen atoms in total. The minimum atomic E-state index is 0.914. The van der Waals surface area contributed by atoms with Crippen molar-refractivity contribution in [2.24, 2.45) is 5.73 Å². The lowest BCUT2D eigenvalue weighted by Gasteiger charge is -2.08. The molecule has 0 aliphatic carbocycles. The van der Waals surface area contributed by atoms with Crippen LogP contribution in [0.2, 0.25) is 0 Å². The molecule has 0 unspecified atom stereocenters. The van der Waals surface area contributed by atoms with Gasteiger partial charge in [-0.15, -0.1) is 0 Å². The van der Waals surface area contributed by atoms with Crippen molar-refractivity contribution in [3.05, 3.63) is 25.2 Å². The Hall–Kier alpha value is -0.920. The van der Waals surface area contributed by atoms with Crippen LogP contribution in [0, 0.1) is 0 Å². The van der Waals surface area contributed by atoms with Crippen LogP contribution in [0.25, 0.3) is 0 Å². The minimum Gasteiger partial charge on any atom is -0.403 e. The summed E-state index contributed by atoms with van der Waals surface area (Å²) in [6.45, 7) is 6.51. The highest BCUT2D eigenvalue weighted by Gasteiger charge is 1.81. The molecule has 8 heavy (non-hydrogen) atoms. The van der Waals surface area contributed by atoms with Gasteiger partial charge in [-0.1, -0.05) is 6.58 Å². The van der Waals surface area contributed by atoms with Crippen LogP contribution in [-0.2, 0) is 0 Å². The molecule has 2 N–H and O–H groups in total. The van der Waals surface area contributed by atoms with E-state index in [1.165, 1.54) is 6.20 Å². The third-order valence-corrected chi connectivity index (χ3v) is 0.877. The van der Waals surface area contributed by atoms with Gasteiger partial charge in [0.15, 0.2) is 0 Å². The van der Waals surface area contributed by atoms with Crippen molar-refractivity contribution in [1.29, 1.82) is 0 Å². The lowest BCUT2D eigenvalue weighted by molar-refractivity contribution is 0.537. The maximum absolute atomic E-state index is 5.11. The first-order valence-electron chi connectivity index (χ1n) is 2.61. The average molecular weight is 112 g/mol. The van der Waals surface area contributed by atoms with Crippen LogP contribution in [0.4, 0.5) is 0 Å². The number of hydrogen-bond donors (Lipinski definition) is 1. The molecule has 0 bridgehead atoms. The molecule has 0 aromatic heterocycles. The topological polar surface area (TPSA) is 29.3 Å². The predicted octanol–water partition coefficient (Wildman–Crippen LogP) is 0.882. The van der Waals surface area contributed by atoms with Gasteiger partial charge >= 0.3 is 0 Å². The SMILES string of the molecule is C=CN(/C=C\N)CC. The predicted molar refractivity (Wildman–Crippen MR) is 35.9 cm³/mol. The molecule has 0 spiro atoms. The summed E-state index contributed by atoms with van der Waals surface area (Å²) >= 11 is 0. The molecule has 0 rings (SSSR count). The Morgan fingerprint density at radius 2 is 2.38 bits per heavy atom. The first kappa shape index (κ1) is 7.08. The van der Waals surface area contributed by atoms with E-state index in [0.29, 0.717) is 0 Å². The quantitative estimate of drug-likeness (QED) is 0.587. The van der Waals surface area contributed by atoms with Crippen LogP contribution in [0.3, 0.4) is 0 Å². The van der Waals surface area contributed by atoms with E-state index in [1.54, 1.807) is 12.4 Å². The summed E-state index contributed by atoms with van der Waals surface area (Å²) in [5.41, 5.74) is 5.11. The number of hydrogen-bond acceptors (Lipinski definition) is 2. The molecule has 2 heteroatoms. The molecule has 0 aromatic rings. The fourth-order valence-electron chi connectivity index (χ4n) is 0.406. The Kier molecular flexibility index (Phi) is 3.76. The van der Waals surface area contributed by atoms with E-state index in [1.807, 2.05) is 11.8 Å². The Balaban J connectivity index is 3.52. The summed E-state index contributed by atoms with van der Waals surface area (Å²) in [5, 5.41) is 0. The molecule has 0 aromatic carbocycles. The Labute approximate surface area is 50.3 Å². The van der Waals surface area contributed by atoms with Gasteiger partial charge < -0.3 is 10.6 Å². The fourth-order valence-corrected chi connectivity index (χ4v) is 0.406. The van der Waals surface area contributed by atoms with Crippen LogP contribution < -0.4 is 5.73 Å². The van der Waals surface area contributed by atoms with Crippen molar-refractivity contribution in [2.75, 3.05) is 6.54 Å². The van der Waals surface area contributed by atoms with Crippen LogP contribution in [0.1, 0.15) is 6.92 Å². The van der Waals surface area contributed by atoms with Gasteiger partial charge in [0.2, 0.25) is 0 Å². The molecule has 0 amide bonds. The molecule has 0 saturated heterocycles. The molecule has 0 radical (unpaired) electrons. The van der Waals surface area contributed by atoms with Crippen molar-refractivity contribution < 1.29 is 0 Å². The first-order valence-corrected chi connectivity index (χ1v) is 2.61. The van der Waals surface area contributed by atoms with Crippen molar-refractivity contribution in [2.45, 2.75) is 6.92 Å². The fraction of sp³-hybridized carbons (Fsp3) is 0.333. The smallest absolute Gasteiger partial charge is 0.0191 e. The zero-order valence-electron chi connectivity index (χ0n) is 5.17. The third kappa shape index (κ3) is 2.29. The average Bonchev–Trinajstić information content (AvgIpc) is 1.83. The van der Waals surface area contributed by atoms with Gasteiger partial charge in [-0.3, -0.25) is 0 Å². The second-order valence-corrected chi connectivity index (χ2v) is 1.35. The van der Waals surface area contributed by atoms with E-state index in [4.69, 9.17) is 5.73 Å². The molecule has 0 fully saturated rings. The van der Waals surface area contributed by atoms with E-state index in [2.05, 4.69) is 6.58 Å². The number of rotatable bonds is 3. The molecule has 0 saturated carbocycles. The van der Waals surface area contributed by atoms with Crippen molar-refractivity contribution in [3.8, 4) is 0 Å². The summed E-state index contributed by atoms with van der Waals surface area (Å²) < 4.78 is 0. The Morgan fingerprint density at radius 1 is 1.75 bits per heavy atom. The lowest BCUT2D eigenvalue weighted by atomic mass is 10.6. The van der Waals surface area contributed by atoms with E-state index < -0.39 is 0 Å². The van der Waals surface area contributed by atoms with E-state index >= 15 is 0 Å². The maximum Gasteiger partial charge on any atom is 0.0191 e. The molecular weight excluding hydrogens is 100 g/mol. The molecule has 46 valence electrons. The molecule has 0 heterocycles. The second kappa shape index (κ2) is 4.24. The van der Waals surface area contributed by atoms with Crippen LogP contribution in [0.5, 0.6) is 0 Å². The highest BCUT2D eigenvalue weighted by molar-refractivity contribution is 4.83. The minimum absolute atomic E-state index is 0.914. The summed E-state index contributed by atoms with van der Waals surface area (Å²) in [5.74, 6) is 0. The largest absolute Gasteiger partial charge is 0.403 e. The van der Waals surface area contributed by atoms with Gasteiger partial charge in [-0.05, 0) is 13.1 Å². The summed E-state index contributed by atoms with van der Waals surface area (Å²) in [4.78, 5) is 1.89. The van der Waals surface area contributed by atoms with E-state index in [9.17, 15) is 0 Å². The molecule has 0 aliphatic rings. The second-order valence-electron chi connectivity index (χ2n) is 1.35. The molecular formula is C6H12N2. The summed E-state index contributed by atoms with van der Waals surface area (Å²) in [6.07, 6.45) is 4.99. The highest BCUT2D eigenvalue weighted by atomic mass is 15.1. The van der Waals surface area contributed by atoms with Gasteiger partial charge in [0.1, 0.15) is 0 Å². The van der Waals surface area contributed by atoms with Crippen molar-refractivity contribution in [3.63, 3.8) is 0 Å². The van der Waals surface area contributed by atoms with Crippen LogP contribution >= 0.6 is 0 Å².